The number of primary amides is 1. The minimum absolute atomic E-state index is 0.0230. The summed E-state index contributed by atoms with van der Waals surface area (Å²) in [4.78, 5) is 35.4. The van der Waals surface area contributed by atoms with E-state index in [4.69, 9.17) is 10.8 Å². The van der Waals surface area contributed by atoms with Crippen LogP contribution in [0.3, 0.4) is 0 Å². The molecule has 4 N–H and O–H groups in total. The number of benzene rings is 1. The standard InChI is InChI=1S/C14H17N3O4/c1-8(13(19)20)10-6-17(7-10)14(21)16-11-4-2-3-9(5-11)12(15)18/h2-5,8,10H,6-7H2,1H3,(H2,15,18)(H,16,21)(H,19,20). The predicted molar refractivity (Wildman–Crippen MR) is 75.8 cm³/mol. The average Bonchev–Trinajstić information content (AvgIpc) is 2.36. The molecule has 0 bridgehead atoms. The van der Waals surface area contributed by atoms with Crippen LogP contribution >= 0.6 is 0 Å². The first-order chi connectivity index (χ1) is 9.88. The van der Waals surface area contributed by atoms with Crippen LogP contribution in [-0.2, 0) is 4.79 Å². The van der Waals surface area contributed by atoms with E-state index in [1.807, 2.05) is 0 Å². The molecule has 7 heteroatoms. The molecule has 1 saturated heterocycles. The van der Waals surface area contributed by atoms with E-state index in [2.05, 4.69) is 5.32 Å². The molecule has 112 valence electrons. The Morgan fingerprint density at radius 3 is 2.62 bits per heavy atom. The number of hydrogen-bond donors (Lipinski definition) is 3. The first-order valence-corrected chi connectivity index (χ1v) is 6.57. The van der Waals surface area contributed by atoms with Gasteiger partial charge in [0.2, 0.25) is 5.91 Å². The van der Waals surface area contributed by atoms with Gasteiger partial charge in [0.05, 0.1) is 5.92 Å². The molecule has 1 aliphatic heterocycles. The summed E-state index contributed by atoms with van der Waals surface area (Å²) < 4.78 is 0. The molecule has 0 saturated carbocycles. The second-order valence-corrected chi connectivity index (χ2v) is 5.17. The van der Waals surface area contributed by atoms with Crippen molar-refractivity contribution in [2.75, 3.05) is 18.4 Å². The van der Waals surface area contributed by atoms with Gasteiger partial charge in [-0.15, -0.1) is 0 Å². The summed E-state index contributed by atoms with van der Waals surface area (Å²) in [6.45, 7) is 2.46. The number of likely N-dealkylation sites (tertiary alicyclic amines) is 1. The van der Waals surface area contributed by atoms with Crippen LogP contribution in [0.5, 0.6) is 0 Å². The number of amides is 3. The van der Waals surface area contributed by atoms with Crippen molar-refractivity contribution >= 4 is 23.6 Å². The van der Waals surface area contributed by atoms with E-state index in [0.717, 1.165) is 0 Å². The fourth-order valence-electron chi connectivity index (χ4n) is 2.15. The van der Waals surface area contributed by atoms with Gasteiger partial charge in [-0.1, -0.05) is 13.0 Å². The third-order valence-corrected chi connectivity index (χ3v) is 3.69. The Kier molecular flexibility index (Phi) is 4.11. The summed E-state index contributed by atoms with van der Waals surface area (Å²) >= 11 is 0. The Morgan fingerprint density at radius 1 is 1.38 bits per heavy atom. The van der Waals surface area contributed by atoms with Crippen molar-refractivity contribution in [3.05, 3.63) is 29.8 Å². The predicted octanol–water partition coefficient (Wildman–Crippen LogP) is 0.970. The van der Waals surface area contributed by atoms with Crippen molar-refractivity contribution in [3.63, 3.8) is 0 Å². The van der Waals surface area contributed by atoms with Crippen LogP contribution in [0.15, 0.2) is 24.3 Å². The number of nitrogens with zero attached hydrogens (tertiary/aromatic N) is 1. The molecule has 1 heterocycles. The van der Waals surface area contributed by atoms with Gasteiger partial charge in [-0.25, -0.2) is 4.79 Å². The largest absolute Gasteiger partial charge is 0.481 e. The Labute approximate surface area is 121 Å². The maximum absolute atomic E-state index is 12.0. The molecule has 1 unspecified atom stereocenters. The molecule has 3 amide bonds. The normalized spacial score (nSPS) is 16.0. The highest BCUT2D eigenvalue weighted by Gasteiger charge is 2.37. The number of anilines is 1. The molecule has 0 spiro atoms. The first kappa shape index (κ1) is 14.8. The number of carboxylic acids is 1. The summed E-state index contributed by atoms with van der Waals surface area (Å²) in [5, 5.41) is 11.6. The second kappa shape index (κ2) is 5.82. The van der Waals surface area contributed by atoms with Crippen molar-refractivity contribution in [2.24, 2.45) is 17.6 Å². The lowest BCUT2D eigenvalue weighted by atomic mass is 9.87. The Hall–Kier alpha value is -2.57. The van der Waals surface area contributed by atoms with E-state index < -0.39 is 17.8 Å². The van der Waals surface area contributed by atoms with Gasteiger partial charge in [-0.05, 0) is 18.2 Å². The van der Waals surface area contributed by atoms with Crippen molar-refractivity contribution < 1.29 is 19.5 Å². The highest BCUT2D eigenvalue weighted by atomic mass is 16.4. The number of nitrogens with two attached hydrogens (primary N) is 1. The first-order valence-electron chi connectivity index (χ1n) is 6.57. The summed E-state index contributed by atoms with van der Waals surface area (Å²) in [7, 11) is 0. The summed E-state index contributed by atoms with van der Waals surface area (Å²) in [6.07, 6.45) is 0. The van der Waals surface area contributed by atoms with E-state index >= 15 is 0 Å². The third kappa shape index (κ3) is 3.31. The van der Waals surface area contributed by atoms with Crippen molar-refractivity contribution in [3.8, 4) is 0 Å². The lowest BCUT2D eigenvalue weighted by molar-refractivity contribution is -0.144. The van der Waals surface area contributed by atoms with E-state index in [1.165, 1.54) is 11.0 Å². The molecule has 1 aromatic carbocycles. The number of carbonyl (C=O) groups is 3. The minimum Gasteiger partial charge on any atom is -0.481 e. The average molecular weight is 291 g/mol. The van der Waals surface area contributed by atoms with E-state index in [1.54, 1.807) is 25.1 Å². The van der Waals surface area contributed by atoms with E-state index in [0.29, 0.717) is 24.3 Å². The van der Waals surface area contributed by atoms with Crippen LogP contribution in [0.2, 0.25) is 0 Å². The molecule has 1 aliphatic rings. The van der Waals surface area contributed by atoms with Crippen LogP contribution in [0.25, 0.3) is 0 Å². The topological polar surface area (TPSA) is 113 Å². The number of urea groups is 1. The minimum atomic E-state index is -0.853. The van der Waals surface area contributed by atoms with Gasteiger partial charge < -0.3 is 21.1 Å². The molecule has 7 nitrogen and oxygen atoms in total. The van der Waals surface area contributed by atoms with Crippen LogP contribution in [-0.4, -0.2) is 41.0 Å². The molecule has 0 aromatic heterocycles. The number of aliphatic carboxylic acids is 1. The smallest absolute Gasteiger partial charge is 0.321 e. The molecule has 21 heavy (non-hydrogen) atoms. The zero-order valence-corrected chi connectivity index (χ0v) is 11.6. The maximum atomic E-state index is 12.0. The van der Waals surface area contributed by atoms with Crippen LogP contribution < -0.4 is 11.1 Å². The molecule has 2 rings (SSSR count). The highest BCUT2D eigenvalue weighted by molar-refractivity contribution is 5.96. The second-order valence-electron chi connectivity index (χ2n) is 5.17. The van der Waals surface area contributed by atoms with Crippen molar-refractivity contribution in [2.45, 2.75) is 6.92 Å². The number of carbonyl (C=O) groups excluding carboxylic acids is 2. The summed E-state index contributed by atoms with van der Waals surface area (Å²) in [5.41, 5.74) is 5.96. The van der Waals surface area contributed by atoms with Gasteiger partial charge in [-0.2, -0.15) is 0 Å². The summed E-state index contributed by atoms with van der Waals surface area (Å²) in [5.74, 6) is -1.91. The van der Waals surface area contributed by atoms with Crippen LogP contribution in [0, 0.1) is 11.8 Å². The molecule has 0 radical (unpaired) electrons. The molecule has 1 atom stereocenters. The van der Waals surface area contributed by atoms with Gasteiger partial charge in [0.25, 0.3) is 0 Å². The Bertz CT molecular complexity index is 581. The fraction of sp³-hybridized carbons (Fsp3) is 0.357. The van der Waals surface area contributed by atoms with E-state index in [-0.39, 0.29) is 11.9 Å². The SMILES string of the molecule is CC(C(=O)O)C1CN(C(=O)Nc2cccc(C(N)=O)c2)C1. The van der Waals surface area contributed by atoms with Crippen LogP contribution in [0.1, 0.15) is 17.3 Å². The Morgan fingerprint density at radius 2 is 2.05 bits per heavy atom. The van der Waals surface area contributed by atoms with Crippen molar-refractivity contribution in [1.82, 2.24) is 4.90 Å². The van der Waals surface area contributed by atoms with Gasteiger partial charge in [0.15, 0.2) is 0 Å². The zero-order valence-electron chi connectivity index (χ0n) is 11.6. The quantitative estimate of drug-likeness (QED) is 0.767. The zero-order chi connectivity index (χ0) is 15.6. The van der Waals surface area contributed by atoms with Gasteiger partial charge in [-0.3, -0.25) is 9.59 Å². The monoisotopic (exact) mass is 291 g/mol. The number of nitrogens with one attached hydrogen (secondary N) is 1. The van der Waals surface area contributed by atoms with Crippen molar-refractivity contribution in [1.29, 1.82) is 0 Å². The molecule has 1 fully saturated rings. The van der Waals surface area contributed by atoms with E-state index in [9.17, 15) is 14.4 Å². The number of rotatable bonds is 4. The molecule has 0 aliphatic carbocycles. The molecule has 1 aromatic rings. The number of hydrogen-bond acceptors (Lipinski definition) is 3. The highest BCUT2D eigenvalue weighted by Crippen LogP contribution is 2.24. The lowest BCUT2D eigenvalue weighted by Crippen LogP contribution is -2.54. The van der Waals surface area contributed by atoms with Gasteiger partial charge in [0, 0.05) is 30.3 Å². The summed E-state index contributed by atoms with van der Waals surface area (Å²) in [6, 6.07) is 6.03. The van der Waals surface area contributed by atoms with Gasteiger partial charge >= 0.3 is 12.0 Å². The molecular formula is C14H17N3O4. The lowest BCUT2D eigenvalue weighted by Gasteiger charge is -2.41. The Balaban J connectivity index is 1.91. The third-order valence-electron chi connectivity index (χ3n) is 3.69. The van der Waals surface area contributed by atoms with Crippen LogP contribution in [0.4, 0.5) is 10.5 Å². The molecular weight excluding hydrogens is 274 g/mol. The number of carboxylic acid groups (broad SMARTS) is 1. The van der Waals surface area contributed by atoms with Gasteiger partial charge in [0.1, 0.15) is 0 Å². The fourth-order valence-corrected chi connectivity index (χ4v) is 2.15. The maximum Gasteiger partial charge on any atom is 0.321 e.